The van der Waals surface area contributed by atoms with Crippen LogP contribution in [0.15, 0.2) is 52.2 Å². The maximum absolute atomic E-state index is 6.09. The van der Waals surface area contributed by atoms with Crippen molar-refractivity contribution in [3.05, 3.63) is 63.5 Å². The lowest BCUT2D eigenvalue weighted by Crippen LogP contribution is -2.03. The number of rotatable bonds is 6. The van der Waals surface area contributed by atoms with Gasteiger partial charge in [0.05, 0.1) is 12.8 Å². The average Bonchev–Trinajstić information content (AvgIpc) is 3.37. The number of nitrogens with zero attached hydrogens (tertiary/aromatic N) is 5. The van der Waals surface area contributed by atoms with E-state index in [4.69, 9.17) is 27.6 Å². The molecule has 0 radical (unpaired) electrons. The van der Waals surface area contributed by atoms with Gasteiger partial charge in [0, 0.05) is 27.9 Å². The van der Waals surface area contributed by atoms with Crippen LogP contribution in [-0.2, 0) is 12.3 Å². The van der Waals surface area contributed by atoms with E-state index in [9.17, 15) is 0 Å². The molecule has 0 aliphatic heterocycles. The molecule has 10 heteroatoms. The SMILES string of the molecule is Clc1ccc(-c2nnc(SCc3nnsc3Cl)n2Cc2ccco2)cc1. The van der Waals surface area contributed by atoms with Crippen molar-refractivity contribution < 1.29 is 4.42 Å². The Kier molecular flexibility index (Phi) is 5.26. The van der Waals surface area contributed by atoms with Crippen molar-refractivity contribution in [2.75, 3.05) is 0 Å². The summed E-state index contributed by atoms with van der Waals surface area (Å²) in [6.07, 6.45) is 1.65. The van der Waals surface area contributed by atoms with Crippen LogP contribution in [0.1, 0.15) is 11.5 Å². The number of hydrogen-bond donors (Lipinski definition) is 0. The van der Waals surface area contributed by atoms with E-state index in [1.807, 2.05) is 41.0 Å². The Bertz CT molecular complexity index is 998. The summed E-state index contributed by atoms with van der Waals surface area (Å²) in [5.41, 5.74) is 1.66. The zero-order valence-electron chi connectivity index (χ0n) is 13.2. The van der Waals surface area contributed by atoms with Gasteiger partial charge in [0.25, 0.3) is 0 Å². The van der Waals surface area contributed by atoms with E-state index < -0.39 is 0 Å². The van der Waals surface area contributed by atoms with E-state index in [1.54, 1.807) is 6.26 Å². The minimum absolute atomic E-state index is 0.517. The molecule has 3 heterocycles. The predicted octanol–water partition coefficient (Wildman–Crippen LogP) is 5.04. The molecule has 0 N–H and O–H groups in total. The second-order valence-corrected chi connectivity index (χ2v) is 8.00. The van der Waals surface area contributed by atoms with Crippen molar-refractivity contribution in [3.63, 3.8) is 0 Å². The first kappa shape index (κ1) is 17.5. The largest absolute Gasteiger partial charge is 0.467 e. The molecule has 0 unspecified atom stereocenters. The van der Waals surface area contributed by atoms with Gasteiger partial charge in [-0.1, -0.05) is 39.5 Å². The predicted molar refractivity (Wildman–Crippen MR) is 103 cm³/mol. The maximum Gasteiger partial charge on any atom is 0.192 e. The molecule has 1 aromatic carbocycles. The molecular formula is C16H11Cl2N5OS2. The van der Waals surface area contributed by atoms with Crippen LogP contribution in [-0.4, -0.2) is 24.4 Å². The Morgan fingerprint density at radius 3 is 2.62 bits per heavy atom. The first-order chi connectivity index (χ1) is 12.7. The lowest BCUT2D eigenvalue weighted by atomic mass is 10.2. The summed E-state index contributed by atoms with van der Waals surface area (Å²) in [5, 5.41) is 14.2. The molecule has 26 heavy (non-hydrogen) atoms. The fourth-order valence-corrected chi connectivity index (χ4v) is 4.12. The van der Waals surface area contributed by atoms with Gasteiger partial charge in [0.1, 0.15) is 15.8 Å². The summed E-state index contributed by atoms with van der Waals surface area (Å²) in [7, 11) is 0. The topological polar surface area (TPSA) is 69.6 Å². The van der Waals surface area contributed by atoms with E-state index in [0.717, 1.165) is 28.0 Å². The van der Waals surface area contributed by atoms with Gasteiger partial charge in [-0.3, -0.25) is 4.57 Å². The monoisotopic (exact) mass is 423 g/mol. The normalized spacial score (nSPS) is 11.2. The summed E-state index contributed by atoms with van der Waals surface area (Å²) in [5.74, 6) is 2.12. The maximum atomic E-state index is 6.09. The van der Waals surface area contributed by atoms with Gasteiger partial charge in [-0.15, -0.1) is 15.3 Å². The molecule has 0 amide bonds. The van der Waals surface area contributed by atoms with Crippen LogP contribution in [0.4, 0.5) is 0 Å². The number of aromatic nitrogens is 5. The minimum Gasteiger partial charge on any atom is -0.467 e. The molecule has 0 atom stereocenters. The van der Waals surface area contributed by atoms with Crippen molar-refractivity contribution >= 4 is 46.5 Å². The van der Waals surface area contributed by atoms with Gasteiger partial charge in [-0.2, -0.15) is 0 Å². The minimum atomic E-state index is 0.517. The first-order valence-corrected chi connectivity index (χ1v) is 10.0. The Morgan fingerprint density at radius 2 is 1.92 bits per heavy atom. The molecule has 132 valence electrons. The fourth-order valence-electron chi connectivity index (χ4n) is 2.32. The lowest BCUT2D eigenvalue weighted by molar-refractivity contribution is 0.485. The van der Waals surface area contributed by atoms with Crippen LogP contribution < -0.4 is 0 Å². The molecule has 0 aliphatic rings. The summed E-state index contributed by atoms with van der Waals surface area (Å²) in [6, 6.07) is 11.3. The third-order valence-corrected chi connectivity index (χ3v) is 5.78. The highest BCUT2D eigenvalue weighted by atomic mass is 35.5. The van der Waals surface area contributed by atoms with E-state index >= 15 is 0 Å². The number of benzene rings is 1. The van der Waals surface area contributed by atoms with Crippen LogP contribution in [0.5, 0.6) is 0 Å². The molecule has 0 saturated carbocycles. The second-order valence-electron chi connectivity index (χ2n) is 5.26. The van der Waals surface area contributed by atoms with Crippen molar-refractivity contribution in [1.82, 2.24) is 24.4 Å². The van der Waals surface area contributed by atoms with Gasteiger partial charge in [-0.25, -0.2) is 0 Å². The highest BCUT2D eigenvalue weighted by Crippen LogP contribution is 2.30. The van der Waals surface area contributed by atoms with Gasteiger partial charge in [0.2, 0.25) is 0 Å². The highest BCUT2D eigenvalue weighted by molar-refractivity contribution is 7.98. The third kappa shape index (κ3) is 3.78. The van der Waals surface area contributed by atoms with Gasteiger partial charge >= 0.3 is 0 Å². The number of halogens is 2. The van der Waals surface area contributed by atoms with Crippen LogP contribution >= 0.6 is 46.5 Å². The van der Waals surface area contributed by atoms with Crippen molar-refractivity contribution in [1.29, 1.82) is 0 Å². The van der Waals surface area contributed by atoms with E-state index in [0.29, 0.717) is 21.7 Å². The molecule has 0 fully saturated rings. The zero-order valence-corrected chi connectivity index (χ0v) is 16.3. The molecule has 4 aromatic rings. The van der Waals surface area contributed by atoms with E-state index in [-0.39, 0.29) is 0 Å². The molecule has 0 aliphatic carbocycles. The molecule has 6 nitrogen and oxygen atoms in total. The molecule has 0 spiro atoms. The van der Waals surface area contributed by atoms with Crippen molar-refractivity contribution in [2.24, 2.45) is 0 Å². The van der Waals surface area contributed by atoms with Crippen LogP contribution in [0.3, 0.4) is 0 Å². The quantitative estimate of drug-likeness (QED) is 0.404. The summed E-state index contributed by atoms with van der Waals surface area (Å²) < 4.78 is 11.9. The van der Waals surface area contributed by atoms with Crippen LogP contribution in [0.2, 0.25) is 9.36 Å². The Balaban J connectivity index is 1.66. The smallest absolute Gasteiger partial charge is 0.192 e. The van der Waals surface area contributed by atoms with Gasteiger partial charge < -0.3 is 4.42 Å². The first-order valence-electron chi connectivity index (χ1n) is 7.52. The molecule has 4 rings (SSSR count). The lowest BCUT2D eigenvalue weighted by Gasteiger charge is -2.08. The standard InChI is InChI=1S/C16H11Cl2N5OS2/c17-11-5-3-10(4-6-11)15-20-21-16(23(15)8-12-2-1-7-24-12)25-9-13-14(18)26-22-19-13/h1-7H,8-9H2. The number of furan rings is 1. The van der Waals surface area contributed by atoms with Crippen LogP contribution in [0, 0.1) is 0 Å². The summed E-state index contributed by atoms with van der Waals surface area (Å²) >= 11 is 14.8. The Morgan fingerprint density at radius 1 is 1.08 bits per heavy atom. The third-order valence-electron chi connectivity index (χ3n) is 3.56. The Labute approximate surface area is 167 Å². The van der Waals surface area contributed by atoms with Crippen molar-refractivity contribution in [3.8, 4) is 11.4 Å². The van der Waals surface area contributed by atoms with Gasteiger partial charge in [0.15, 0.2) is 11.0 Å². The molecule has 3 aromatic heterocycles. The molecular weight excluding hydrogens is 413 g/mol. The molecule has 0 bridgehead atoms. The second kappa shape index (κ2) is 7.79. The Hall–Kier alpha value is -1.87. The van der Waals surface area contributed by atoms with Crippen LogP contribution in [0.25, 0.3) is 11.4 Å². The number of thioether (sulfide) groups is 1. The molecule has 0 saturated heterocycles. The van der Waals surface area contributed by atoms with Gasteiger partial charge in [-0.05, 0) is 36.4 Å². The van der Waals surface area contributed by atoms with E-state index in [1.165, 1.54) is 23.3 Å². The zero-order chi connectivity index (χ0) is 17.9. The highest BCUT2D eigenvalue weighted by Gasteiger charge is 2.17. The number of hydrogen-bond acceptors (Lipinski definition) is 7. The summed E-state index contributed by atoms with van der Waals surface area (Å²) in [6.45, 7) is 0.517. The van der Waals surface area contributed by atoms with Crippen molar-refractivity contribution in [2.45, 2.75) is 17.5 Å². The average molecular weight is 424 g/mol. The fraction of sp³-hybridized carbons (Fsp3) is 0.125. The summed E-state index contributed by atoms with van der Waals surface area (Å²) in [4.78, 5) is 0. The van der Waals surface area contributed by atoms with E-state index in [2.05, 4.69) is 19.8 Å².